The molecule has 13 heavy (non-hydrogen) atoms. The van der Waals surface area contributed by atoms with Gasteiger partial charge < -0.3 is 42.1 Å². The smallest absolute Gasteiger partial charge is 0.356 e. The molecule has 0 heterocycles. The maximum absolute atomic E-state index is 9.00. The van der Waals surface area contributed by atoms with Crippen LogP contribution in [-0.4, -0.2) is 53.9 Å². The number of urea groups is 1. The van der Waals surface area contributed by atoms with Crippen LogP contribution in [0.2, 0.25) is 0 Å². The van der Waals surface area contributed by atoms with E-state index in [-0.39, 0.29) is 37.7 Å². The van der Waals surface area contributed by atoms with Crippen LogP contribution < -0.4 is 11.5 Å². The van der Waals surface area contributed by atoms with Crippen LogP contribution in [0.4, 0.5) is 4.79 Å². The summed E-state index contributed by atoms with van der Waals surface area (Å²) >= 11 is 0. The molecule has 2 amide bonds. The Morgan fingerprint density at radius 1 is 0.923 bits per heavy atom. The molecule has 0 aliphatic rings. The Hall–Kier alpha value is -1.07. The van der Waals surface area contributed by atoms with Crippen LogP contribution in [0.15, 0.2) is 0 Å². The molecule has 11 nitrogen and oxygen atoms in total. The first kappa shape index (κ1) is 22.7. The summed E-state index contributed by atoms with van der Waals surface area (Å²) < 4.78 is 0. The van der Waals surface area contributed by atoms with Crippen molar-refractivity contribution >= 4 is 43.8 Å². The molecule has 0 saturated heterocycles. The first-order valence-electron chi connectivity index (χ1n) is 1.88. The van der Waals surface area contributed by atoms with Crippen molar-refractivity contribution in [3.8, 4) is 0 Å². The molecule has 12 heteroatoms. The van der Waals surface area contributed by atoms with Crippen LogP contribution in [0.25, 0.3) is 0 Å². The number of rotatable bonds is 0. The van der Waals surface area contributed by atoms with E-state index >= 15 is 0 Å². The van der Waals surface area contributed by atoms with E-state index in [1.807, 2.05) is 0 Å². The molecule has 0 atom stereocenters. The molecule has 0 aromatic carbocycles. The molecule has 0 saturated carbocycles. The van der Waals surface area contributed by atoms with E-state index in [4.69, 9.17) is 35.4 Å². The second-order valence-electron chi connectivity index (χ2n) is 0.850. The zero-order valence-electron chi connectivity index (χ0n) is 6.11. The predicted octanol–water partition coefficient (Wildman–Crippen LogP) is -1.84. The van der Waals surface area contributed by atoms with Gasteiger partial charge in [-0.1, -0.05) is 0 Å². The van der Waals surface area contributed by atoms with Gasteiger partial charge in [0.15, 0.2) is 0 Å². The van der Waals surface area contributed by atoms with E-state index in [1.54, 1.807) is 0 Å². The van der Waals surface area contributed by atoms with Crippen LogP contribution in [0.1, 0.15) is 0 Å². The molecule has 72 valence electrons. The van der Waals surface area contributed by atoms with Gasteiger partial charge in [-0.3, -0.25) is 0 Å². The Morgan fingerprint density at radius 3 is 0.923 bits per heavy atom. The van der Waals surface area contributed by atoms with E-state index < -0.39 is 16.2 Å². The van der Waals surface area contributed by atoms with Crippen molar-refractivity contribution in [3.05, 3.63) is 30.6 Å². The molecule has 0 aliphatic carbocycles. The standard InChI is InChI=1S/CH4N2O.Ca.2NO3/c2-1(3)4;;2*2-1(3)4/h(H4,2,3,4);;;/q;+2;2*-1. The summed E-state index contributed by atoms with van der Waals surface area (Å²) in [6.45, 7) is 0. The Balaban J connectivity index is -0.0000000450. The van der Waals surface area contributed by atoms with Crippen LogP contribution in [0.5, 0.6) is 0 Å². The number of primary amides is 2. The summed E-state index contributed by atoms with van der Waals surface area (Å²) in [6.07, 6.45) is 0. The topological polar surface area (TPSA) is 202 Å². The molecule has 0 unspecified atom stereocenters. The van der Waals surface area contributed by atoms with Crippen molar-refractivity contribution in [3.63, 3.8) is 0 Å². The molecule has 0 aliphatic heterocycles. The molecule has 4 N–H and O–H groups in total. The number of nitrogens with zero attached hydrogens (tertiary/aromatic N) is 2. The fourth-order valence-corrected chi connectivity index (χ4v) is 0. The second kappa shape index (κ2) is 17.1. The van der Waals surface area contributed by atoms with Gasteiger partial charge in [0.25, 0.3) is 0 Å². The fourth-order valence-electron chi connectivity index (χ4n) is 0. The van der Waals surface area contributed by atoms with Crippen LogP contribution >= 0.6 is 0 Å². The molecule has 0 aromatic rings. The Labute approximate surface area is 101 Å². The van der Waals surface area contributed by atoms with Gasteiger partial charge >= 0.3 is 43.8 Å². The average molecular weight is 224 g/mol. The quantitative estimate of drug-likeness (QED) is 0.273. The van der Waals surface area contributed by atoms with Gasteiger partial charge in [0.05, 0.1) is 10.2 Å². The molecule has 0 fully saturated rings. The Bertz CT molecular complexity index is 118. The summed E-state index contributed by atoms with van der Waals surface area (Å²) in [5, 5.41) is 29.5. The Kier molecular flexibility index (Phi) is 29.9. The first-order valence-corrected chi connectivity index (χ1v) is 1.88. The number of hydrogen-bond donors (Lipinski definition) is 2. The minimum Gasteiger partial charge on any atom is -0.356 e. The van der Waals surface area contributed by atoms with Gasteiger partial charge in [-0.05, 0) is 0 Å². The zero-order valence-corrected chi connectivity index (χ0v) is 8.32. The van der Waals surface area contributed by atoms with E-state index in [9.17, 15) is 0 Å². The molecule has 0 spiro atoms. The van der Waals surface area contributed by atoms with Crippen LogP contribution in [-0.2, 0) is 0 Å². The third-order valence-corrected chi connectivity index (χ3v) is 0. The van der Waals surface area contributed by atoms with E-state index in [1.165, 1.54) is 0 Å². The molecule has 0 radical (unpaired) electrons. The van der Waals surface area contributed by atoms with E-state index in [2.05, 4.69) is 11.5 Å². The number of carbonyl (C=O) groups excluding carboxylic acids is 1. The summed E-state index contributed by atoms with van der Waals surface area (Å²) in [7, 11) is 0. The van der Waals surface area contributed by atoms with Gasteiger partial charge in [-0.15, -0.1) is 0 Å². The Morgan fingerprint density at radius 2 is 0.923 bits per heavy atom. The van der Waals surface area contributed by atoms with Crippen LogP contribution in [0, 0.1) is 30.6 Å². The first-order chi connectivity index (χ1) is 5.20. The van der Waals surface area contributed by atoms with Gasteiger partial charge in [0.1, 0.15) is 0 Å². The molecule has 0 bridgehead atoms. The van der Waals surface area contributed by atoms with Gasteiger partial charge in [-0.25, -0.2) is 4.79 Å². The summed E-state index contributed by atoms with van der Waals surface area (Å²) in [5.41, 5.74) is 8.50. The molecule has 0 aromatic heterocycles. The third-order valence-electron chi connectivity index (χ3n) is 0. The predicted molar refractivity (Wildman–Crippen MR) is 40.2 cm³/mol. The maximum Gasteiger partial charge on any atom is 2.00 e. The largest absolute Gasteiger partial charge is 2.00 e. The SMILES string of the molecule is NC(N)=O.O=[N+]([O-])[O-].O=[N+]([O-])[O-].[Ca+2]. The van der Waals surface area contributed by atoms with Gasteiger partial charge in [0, 0.05) is 0 Å². The summed E-state index contributed by atoms with van der Waals surface area (Å²) in [5.74, 6) is 0. The summed E-state index contributed by atoms with van der Waals surface area (Å²) in [4.78, 5) is 25.5. The zero-order chi connectivity index (χ0) is 10.7. The molecule has 0 rings (SSSR count). The van der Waals surface area contributed by atoms with Gasteiger partial charge in [-0.2, -0.15) is 0 Å². The van der Waals surface area contributed by atoms with Crippen LogP contribution in [0.3, 0.4) is 0 Å². The second-order valence-corrected chi connectivity index (χ2v) is 0.850. The van der Waals surface area contributed by atoms with Crippen molar-refractivity contribution in [2.75, 3.05) is 0 Å². The number of nitrogens with two attached hydrogens (primary N) is 2. The van der Waals surface area contributed by atoms with Gasteiger partial charge in [0.2, 0.25) is 0 Å². The van der Waals surface area contributed by atoms with Crippen molar-refractivity contribution < 1.29 is 15.0 Å². The minimum absolute atomic E-state index is 0. The van der Waals surface area contributed by atoms with Crippen molar-refractivity contribution in [2.24, 2.45) is 11.5 Å². The van der Waals surface area contributed by atoms with Crippen molar-refractivity contribution in [2.45, 2.75) is 0 Å². The van der Waals surface area contributed by atoms with Crippen molar-refractivity contribution in [1.29, 1.82) is 0 Å². The molecular weight excluding hydrogens is 220 g/mol. The maximum atomic E-state index is 9.00. The summed E-state index contributed by atoms with van der Waals surface area (Å²) in [6, 6.07) is -0.833. The van der Waals surface area contributed by atoms with Crippen molar-refractivity contribution in [1.82, 2.24) is 0 Å². The average Bonchev–Trinajstić information content (AvgIpc) is 1.54. The number of hydrogen-bond acceptors (Lipinski definition) is 7. The minimum atomic E-state index is -1.75. The third kappa shape index (κ3) is 761. The molecular formula is CH4CaN4O7. The fraction of sp³-hybridized carbons (Fsp3) is 0. The number of amides is 2. The normalized spacial score (nSPS) is 5.54. The van der Waals surface area contributed by atoms with E-state index in [0.29, 0.717) is 0 Å². The van der Waals surface area contributed by atoms with E-state index in [0.717, 1.165) is 0 Å². The number of carbonyl (C=O) groups is 1. The monoisotopic (exact) mass is 224 g/mol.